The van der Waals surface area contributed by atoms with Gasteiger partial charge in [-0.2, -0.15) is 5.10 Å². The molecule has 2 heterocycles. The highest BCUT2D eigenvalue weighted by atomic mass is 16.1. The first kappa shape index (κ1) is 18.6. The lowest BCUT2D eigenvalue weighted by Gasteiger charge is -2.08. The number of hydrogen-bond acceptors (Lipinski definition) is 4. The molecule has 27 heavy (non-hydrogen) atoms. The topological polar surface area (TPSA) is 92.7 Å². The van der Waals surface area contributed by atoms with Gasteiger partial charge in [0.15, 0.2) is 0 Å². The van der Waals surface area contributed by atoms with E-state index < -0.39 is 0 Å². The van der Waals surface area contributed by atoms with Crippen molar-refractivity contribution in [2.45, 2.75) is 33.7 Å². The first-order valence-corrected chi connectivity index (χ1v) is 8.86. The molecule has 0 unspecified atom stereocenters. The van der Waals surface area contributed by atoms with Gasteiger partial charge in [-0.15, -0.1) is 0 Å². The molecule has 0 saturated heterocycles. The van der Waals surface area contributed by atoms with Gasteiger partial charge < -0.3 is 10.3 Å². The standard InChI is InChI=1S/C20H23N5O2/c1-13-11-19(26)23-18(22-13)8-9-21-20(27)17-6-4-16(5-7-17)12-25-15(3)10-14(2)24-25/h4-7,10-11H,8-9,12H2,1-3H3,(H,21,27)(H,22,23,26). The summed E-state index contributed by atoms with van der Waals surface area (Å²) < 4.78 is 1.94. The Morgan fingerprint density at radius 2 is 1.85 bits per heavy atom. The summed E-state index contributed by atoms with van der Waals surface area (Å²) in [6, 6.07) is 11.0. The van der Waals surface area contributed by atoms with E-state index in [-0.39, 0.29) is 11.5 Å². The van der Waals surface area contributed by atoms with E-state index in [4.69, 9.17) is 0 Å². The van der Waals surface area contributed by atoms with Crippen LogP contribution < -0.4 is 10.9 Å². The summed E-state index contributed by atoms with van der Waals surface area (Å²) in [7, 11) is 0. The molecule has 0 saturated carbocycles. The molecular formula is C20H23N5O2. The van der Waals surface area contributed by atoms with Crippen LogP contribution in [0.2, 0.25) is 0 Å². The number of carbonyl (C=O) groups is 1. The minimum Gasteiger partial charge on any atom is -0.352 e. The molecule has 0 spiro atoms. The average Bonchev–Trinajstić information content (AvgIpc) is 2.92. The van der Waals surface area contributed by atoms with Crippen molar-refractivity contribution in [2.24, 2.45) is 0 Å². The quantitative estimate of drug-likeness (QED) is 0.698. The molecule has 2 N–H and O–H groups in total. The number of rotatable bonds is 6. The Labute approximate surface area is 157 Å². The number of benzene rings is 1. The SMILES string of the molecule is Cc1cc(=O)[nH]c(CCNC(=O)c2ccc(Cn3nc(C)cc3C)cc2)n1. The van der Waals surface area contributed by atoms with Gasteiger partial charge in [0.1, 0.15) is 5.82 Å². The first-order chi connectivity index (χ1) is 12.9. The van der Waals surface area contributed by atoms with Crippen LogP contribution in [0.1, 0.15) is 38.8 Å². The predicted molar refractivity (Wildman–Crippen MR) is 103 cm³/mol. The molecule has 0 radical (unpaired) electrons. The molecule has 7 nitrogen and oxygen atoms in total. The van der Waals surface area contributed by atoms with Gasteiger partial charge >= 0.3 is 0 Å². The fourth-order valence-corrected chi connectivity index (χ4v) is 2.93. The van der Waals surface area contributed by atoms with Crippen LogP contribution in [0, 0.1) is 20.8 Å². The van der Waals surface area contributed by atoms with Crippen LogP contribution in [-0.4, -0.2) is 32.2 Å². The lowest BCUT2D eigenvalue weighted by Crippen LogP contribution is -2.27. The molecule has 3 aromatic rings. The van der Waals surface area contributed by atoms with Crippen molar-refractivity contribution in [3.63, 3.8) is 0 Å². The predicted octanol–water partition coefficient (Wildman–Crippen LogP) is 1.91. The van der Waals surface area contributed by atoms with E-state index in [0.29, 0.717) is 36.6 Å². The summed E-state index contributed by atoms with van der Waals surface area (Å²) in [4.78, 5) is 30.6. The number of aromatic amines is 1. The number of nitrogens with one attached hydrogen (secondary N) is 2. The Hall–Kier alpha value is -3.22. The Kier molecular flexibility index (Phi) is 5.49. The molecule has 0 aliphatic carbocycles. The zero-order valence-corrected chi connectivity index (χ0v) is 15.7. The van der Waals surface area contributed by atoms with Gasteiger partial charge in [0, 0.05) is 36.0 Å². The third-order valence-electron chi connectivity index (χ3n) is 4.22. The van der Waals surface area contributed by atoms with Crippen molar-refractivity contribution in [1.82, 2.24) is 25.1 Å². The smallest absolute Gasteiger partial charge is 0.251 e. The molecule has 2 aromatic heterocycles. The summed E-state index contributed by atoms with van der Waals surface area (Å²) in [5, 5.41) is 7.30. The maximum Gasteiger partial charge on any atom is 0.251 e. The highest BCUT2D eigenvalue weighted by Crippen LogP contribution is 2.09. The van der Waals surface area contributed by atoms with E-state index in [2.05, 4.69) is 20.4 Å². The molecule has 0 fully saturated rings. The van der Waals surface area contributed by atoms with Gasteiger partial charge in [0.25, 0.3) is 11.5 Å². The number of hydrogen-bond donors (Lipinski definition) is 2. The molecule has 0 aliphatic heterocycles. The average molecular weight is 365 g/mol. The van der Waals surface area contributed by atoms with Crippen molar-refractivity contribution < 1.29 is 4.79 Å². The molecule has 0 atom stereocenters. The summed E-state index contributed by atoms with van der Waals surface area (Å²) in [5.74, 6) is 0.420. The zero-order chi connectivity index (χ0) is 19.4. The van der Waals surface area contributed by atoms with Crippen molar-refractivity contribution in [1.29, 1.82) is 0 Å². The molecule has 1 amide bonds. The fourth-order valence-electron chi connectivity index (χ4n) is 2.93. The molecule has 140 valence electrons. The second-order valence-corrected chi connectivity index (χ2v) is 6.62. The number of aryl methyl sites for hydroxylation is 3. The summed E-state index contributed by atoms with van der Waals surface area (Å²) in [6.45, 7) is 6.84. The highest BCUT2D eigenvalue weighted by molar-refractivity contribution is 5.94. The van der Waals surface area contributed by atoms with E-state index in [1.165, 1.54) is 6.07 Å². The second kappa shape index (κ2) is 7.99. The monoisotopic (exact) mass is 365 g/mol. The van der Waals surface area contributed by atoms with E-state index >= 15 is 0 Å². The Balaban J connectivity index is 1.55. The lowest BCUT2D eigenvalue weighted by atomic mass is 10.1. The first-order valence-electron chi connectivity index (χ1n) is 8.86. The highest BCUT2D eigenvalue weighted by Gasteiger charge is 2.07. The van der Waals surface area contributed by atoms with Crippen molar-refractivity contribution in [2.75, 3.05) is 6.54 Å². The number of H-pyrrole nitrogens is 1. The van der Waals surface area contributed by atoms with Gasteiger partial charge in [0.2, 0.25) is 0 Å². The summed E-state index contributed by atoms with van der Waals surface area (Å²) in [5.41, 5.74) is 4.27. The third kappa shape index (κ3) is 4.91. The second-order valence-electron chi connectivity index (χ2n) is 6.62. The van der Waals surface area contributed by atoms with Crippen LogP contribution in [0.4, 0.5) is 0 Å². The van der Waals surface area contributed by atoms with Gasteiger partial charge in [-0.3, -0.25) is 14.3 Å². The van der Waals surface area contributed by atoms with Crippen molar-refractivity contribution in [3.05, 3.63) is 80.8 Å². The molecule has 1 aromatic carbocycles. The normalized spacial score (nSPS) is 10.8. The van der Waals surface area contributed by atoms with Crippen LogP contribution in [-0.2, 0) is 13.0 Å². The number of nitrogens with zero attached hydrogens (tertiary/aromatic N) is 3. The van der Waals surface area contributed by atoms with Gasteiger partial charge in [0.05, 0.1) is 12.2 Å². The third-order valence-corrected chi connectivity index (χ3v) is 4.22. The molecular weight excluding hydrogens is 342 g/mol. The van der Waals surface area contributed by atoms with Gasteiger partial charge in [-0.05, 0) is 44.5 Å². The van der Waals surface area contributed by atoms with E-state index in [0.717, 1.165) is 17.0 Å². The Morgan fingerprint density at radius 3 is 2.48 bits per heavy atom. The van der Waals surface area contributed by atoms with Gasteiger partial charge in [-0.1, -0.05) is 12.1 Å². The minimum absolute atomic E-state index is 0.150. The Morgan fingerprint density at radius 1 is 1.11 bits per heavy atom. The summed E-state index contributed by atoms with van der Waals surface area (Å²) >= 11 is 0. The van der Waals surface area contributed by atoms with Crippen LogP contribution in [0.15, 0.2) is 41.2 Å². The maximum absolute atomic E-state index is 12.3. The fraction of sp³-hybridized carbons (Fsp3) is 0.300. The molecule has 3 rings (SSSR count). The van der Waals surface area contributed by atoms with E-state index in [1.54, 1.807) is 6.92 Å². The lowest BCUT2D eigenvalue weighted by molar-refractivity contribution is 0.0954. The Bertz CT molecular complexity index is 1000. The van der Waals surface area contributed by atoms with Crippen molar-refractivity contribution in [3.8, 4) is 0 Å². The van der Waals surface area contributed by atoms with Crippen LogP contribution >= 0.6 is 0 Å². The zero-order valence-electron chi connectivity index (χ0n) is 15.7. The molecule has 0 aliphatic rings. The van der Waals surface area contributed by atoms with E-state index in [9.17, 15) is 9.59 Å². The maximum atomic E-state index is 12.3. The number of amides is 1. The van der Waals surface area contributed by atoms with Crippen LogP contribution in [0.5, 0.6) is 0 Å². The minimum atomic E-state index is -0.179. The molecule has 7 heteroatoms. The van der Waals surface area contributed by atoms with Crippen LogP contribution in [0.3, 0.4) is 0 Å². The largest absolute Gasteiger partial charge is 0.352 e. The number of carbonyl (C=O) groups excluding carboxylic acids is 1. The van der Waals surface area contributed by atoms with Crippen molar-refractivity contribution >= 4 is 5.91 Å². The van der Waals surface area contributed by atoms with E-state index in [1.807, 2.05) is 48.9 Å². The summed E-state index contributed by atoms with van der Waals surface area (Å²) in [6.07, 6.45) is 0.471. The van der Waals surface area contributed by atoms with Crippen LogP contribution in [0.25, 0.3) is 0 Å². The number of aromatic nitrogens is 4. The van der Waals surface area contributed by atoms with Gasteiger partial charge in [-0.25, -0.2) is 4.98 Å². The molecule has 0 bridgehead atoms.